The van der Waals surface area contributed by atoms with Gasteiger partial charge in [-0.15, -0.1) is 22.7 Å². The van der Waals surface area contributed by atoms with Crippen LogP contribution in [0.15, 0.2) is 118 Å². The highest BCUT2D eigenvalue weighted by atomic mass is 79.9. The molecule has 0 saturated heterocycles. The van der Waals surface area contributed by atoms with E-state index < -0.39 is 25.1 Å². The molecule has 2 heterocycles. The molecule has 2 fully saturated rings. The zero-order valence-corrected chi connectivity index (χ0v) is 44.4. The van der Waals surface area contributed by atoms with Crippen LogP contribution in [-0.4, -0.2) is 122 Å². The summed E-state index contributed by atoms with van der Waals surface area (Å²) in [7, 11) is 29.4. The summed E-state index contributed by atoms with van der Waals surface area (Å²) in [4.78, 5) is 34.0. The number of carbonyl (C=O) groups is 2. The number of carbonyl (C=O) groups excluding carboxylic acids is 1. The molecule has 2 aromatic heterocycles. The van der Waals surface area contributed by atoms with E-state index in [4.69, 9.17) is 66.6 Å². The van der Waals surface area contributed by atoms with Crippen molar-refractivity contribution in [3.8, 4) is 22.5 Å². The number of esters is 1. The van der Waals surface area contributed by atoms with E-state index in [1.165, 1.54) is 67.4 Å². The predicted molar refractivity (Wildman–Crippen MR) is 311 cm³/mol. The van der Waals surface area contributed by atoms with E-state index in [1.54, 1.807) is 53.6 Å². The first-order valence-electron chi connectivity index (χ1n) is 23.1. The summed E-state index contributed by atoms with van der Waals surface area (Å²) in [6, 6.07) is 29.2. The van der Waals surface area contributed by atoms with Gasteiger partial charge in [-0.1, -0.05) is 138 Å². The van der Waals surface area contributed by atoms with Gasteiger partial charge in [-0.05, 0) is 62.8 Å². The summed E-state index contributed by atoms with van der Waals surface area (Å²) in [6.07, 6.45) is 13.9. The van der Waals surface area contributed by atoms with Gasteiger partial charge in [0.15, 0.2) is 0 Å². The van der Waals surface area contributed by atoms with Crippen molar-refractivity contribution in [3.63, 3.8) is 0 Å². The minimum absolute atomic E-state index is 0.0208. The van der Waals surface area contributed by atoms with Gasteiger partial charge < -0.3 is 9.84 Å². The van der Waals surface area contributed by atoms with Crippen molar-refractivity contribution >= 4 is 154 Å². The van der Waals surface area contributed by atoms with E-state index in [9.17, 15) is 14.7 Å². The molecule has 2 aliphatic carbocycles. The van der Waals surface area contributed by atoms with E-state index in [-0.39, 0.29) is 17.6 Å². The van der Waals surface area contributed by atoms with Crippen molar-refractivity contribution < 1.29 is 19.4 Å². The highest BCUT2D eigenvalue weighted by Crippen LogP contribution is 2.33. The number of benzene rings is 4. The van der Waals surface area contributed by atoms with Gasteiger partial charge in [0.2, 0.25) is 10.3 Å². The molecule has 71 heavy (non-hydrogen) atoms. The molecule has 352 valence electrons. The van der Waals surface area contributed by atoms with Gasteiger partial charge in [0, 0.05) is 120 Å². The van der Waals surface area contributed by atoms with Crippen LogP contribution >= 0.6 is 61.8 Å². The maximum absolute atomic E-state index is 12.7. The number of hydrazone groups is 2. The molecule has 2 saturated carbocycles. The molecule has 0 atom stereocenters. The quantitative estimate of drug-likeness (QED) is 0.0399. The molecular formula is C48H49B8BrCl2N6O4S2. The van der Waals surface area contributed by atoms with Crippen LogP contribution in [0.3, 0.4) is 0 Å². The van der Waals surface area contributed by atoms with Crippen molar-refractivity contribution in [2.24, 2.45) is 10.2 Å². The minimum Gasteiger partial charge on any atom is -0.478 e. The summed E-state index contributed by atoms with van der Waals surface area (Å²) in [5, 5.41) is 27.9. The van der Waals surface area contributed by atoms with Crippen LogP contribution in [0.1, 0.15) is 96.1 Å². The Balaban J connectivity index is 0.000000207. The third kappa shape index (κ3) is 18.6. The Morgan fingerprint density at radius 3 is 1.48 bits per heavy atom. The SMILES string of the molecule is BrC1CCCCC1.CN(/N=C/c1ccccc1C(=O)O)c1nc(-c2ccccc2Cl)cs1.CN(/N=C/c1ccccc1C(=O)OC1CCCCC1)c1nc(-c2ccccc2Cl)cs1.[B]B([B])B([B])B([B])[B]. The average Bonchev–Trinajstić information content (AvgIpc) is 4.08. The van der Waals surface area contributed by atoms with E-state index in [0.29, 0.717) is 26.3 Å². The van der Waals surface area contributed by atoms with E-state index in [0.717, 1.165) is 63.7 Å². The monoisotopic (exact) mass is 1070 g/mol. The number of hydrogen-bond acceptors (Lipinski definition) is 11. The number of aromatic nitrogens is 2. The summed E-state index contributed by atoms with van der Waals surface area (Å²) in [5.41, 5.74) is 5.32. The Bertz CT molecular complexity index is 2670. The highest BCUT2D eigenvalue weighted by Gasteiger charge is 2.21. The number of ether oxygens (including phenoxy) is 1. The van der Waals surface area contributed by atoms with Gasteiger partial charge in [-0.25, -0.2) is 29.6 Å². The Hall–Kier alpha value is -4.40. The lowest BCUT2D eigenvalue weighted by molar-refractivity contribution is 0.0211. The first-order valence-corrected chi connectivity index (χ1v) is 26.6. The number of carboxylic acids is 1. The maximum atomic E-state index is 12.7. The molecule has 0 aliphatic heterocycles. The summed E-state index contributed by atoms with van der Waals surface area (Å²) in [5.74, 6) is -1.27. The Morgan fingerprint density at radius 2 is 1.07 bits per heavy atom. The zero-order chi connectivity index (χ0) is 51.3. The lowest BCUT2D eigenvalue weighted by Gasteiger charge is -2.22. The van der Waals surface area contributed by atoms with Gasteiger partial charge in [-0.2, -0.15) is 10.2 Å². The topological polar surface area (TPSA) is 121 Å². The molecule has 8 rings (SSSR count). The summed E-state index contributed by atoms with van der Waals surface area (Å²) in [6.45, 7) is 0. The van der Waals surface area contributed by atoms with Gasteiger partial charge in [0.1, 0.15) is 6.10 Å². The molecule has 23 heteroatoms. The second kappa shape index (κ2) is 30.0. The first kappa shape index (κ1) is 57.5. The van der Waals surface area contributed by atoms with Crippen LogP contribution in [0, 0.1) is 0 Å². The molecular weight excluding hydrogens is 1030 g/mol. The summed E-state index contributed by atoms with van der Waals surface area (Å²) < 4.78 is 5.74. The molecule has 4 aromatic carbocycles. The standard InChI is InChI=1S/C24H24ClN3O2S.C18H14ClN3O2S.C6H11Br.B8/c1-28(24-27-22(16-31-24)20-13-7-8-14-21(20)25)26-15-17-9-5-6-12-19(17)23(29)30-18-10-3-2-4-11-18;1-22(20-10-12-6-2-3-7-13(12)17(23)24)18-21-16(11-25-18)14-8-4-5-9-15(14)19;7-6-4-2-1-3-5-6;1-6(2)8(5)7(3)4/h5-9,12-16,18H,2-4,10-11H2,1H3;2-11H,1H3,(H,23,24);6H,1-5H2;/b26-15+;20-10+;;. The number of halogens is 3. The molecule has 0 spiro atoms. The van der Waals surface area contributed by atoms with Crippen LogP contribution in [0.2, 0.25) is 10.0 Å². The smallest absolute Gasteiger partial charge is 0.339 e. The fourth-order valence-electron chi connectivity index (χ4n) is 7.11. The Kier molecular flexibility index (Phi) is 24.3. The number of alkyl halides is 1. The van der Waals surface area contributed by atoms with Gasteiger partial charge in [-0.3, -0.25) is 0 Å². The normalized spacial score (nSPS) is 13.6. The van der Waals surface area contributed by atoms with Crippen molar-refractivity contribution in [2.75, 3.05) is 24.1 Å². The number of thiazole rings is 2. The van der Waals surface area contributed by atoms with Crippen molar-refractivity contribution in [2.45, 2.75) is 75.1 Å². The molecule has 6 aromatic rings. The van der Waals surface area contributed by atoms with Crippen molar-refractivity contribution in [1.29, 1.82) is 0 Å². The molecule has 0 amide bonds. The molecule has 0 unspecified atom stereocenters. The van der Waals surface area contributed by atoms with Crippen molar-refractivity contribution in [1.82, 2.24) is 9.97 Å². The summed E-state index contributed by atoms with van der Waals surface area (Å²) >= 11 is 19.0. The first-order chi connectivity index (χ1) is 34.1. The van der Waals surface area contributed by atoms with Crippen LogP contribution < -0.4 is 10.0 Å². The molecule has 2 aliphatic rings. The number of nitrogens with zero attached hydrogens (tertiary/aromatic N) is 6. The zero-order valence-electron chi connectivity index (χ0n) is 39.7. The predicted octanol–water partition coefficient (Wildman–Crippen LogP) is 10.7. The van der Waals surface area contributed by atoms with Crippen LogP contribution in [0.4, 0.5) is 10.3 Å². The number of anilines is 2. The third-order valence-electron chi connectivity index (χ3n) is 11.2. The average molecular weight is 1080 g/mol. The number of carboxylic acid groups (broad SMARTS) is 1. The van der Waals surface area contributed by atoms with Gasteiger partial charge in [0.25, 0.3) is 0 Å². The van der Waals surface area contributed by atoms with E-state index in [2.05, 4.69) is 36.1 Å². The Labute approximate surface area is 452 Å². The van der Waals surface area contributed by atoms with Crippen LogP contribution in [-0.2, 0) is 4.74 Å². The maximum Gasteiger partial charge on any atom is 0.339 e. The fourth-order valence-corrected chi connectivity index (χ4v) is 9.72. The molecule has 10 radical (unpaired) electrons. The van der Waals surface area contributed by atoms with E-state index >= 15 is 0 Å². The molecule has 0 bridgehead atoms. The highest BCUT2D eigenvalue weighted by molar-refractivity contribution is 9.09. The second-order valence-corrected chi connectivity index (χ2v) is 20.4. The van der Waals surface area contributed by atoms with Gasteiger partial charge >= 0.3 is 11.9 Å². The largest absolute Gasteiger partial charge is 0.478 e. The molecule has 1 N–H and O–H groups in total. The minimum atomic E-state index is -0.986. The van der Waals surface area contributed by atoms with Crippen molar-refractivity contribution in [3.05, 3.63) is 140 Å². The third-order valence-corrected chi connectivity index (χ3v) is 14.6. The molecule has 10 nitrogen and oxygen atoms in total. The van der Waals surface area contributed by atoms with Gasteiger partial charge in [0.05, 0.1) is 34.9 Å². The number of aromatic carboxylic acids is 1. The second-order valence-electron chi connectivity index (χ2n) is 16.6. The number of hydrogen-bond donors (Lipinski definition) is 1. The van der Waals surface area contributed by atoms with Crippen LogP contribution in [0.5, 0.6) is 0 Å². The lowest BCUT2D eigenvalue weighted by Crippen LogP contribution is -2.52. The van der Waals surface area contributed by atoms with E-state index in [1.807, 2.05) is 84.5 Å². The Morgan fingerprint density at radius 1 is 0.662 bits per heavy atom. The van der Waals surface area contributed by atoms with Crippen LogP contribution in [0.25, 0.3) is 22.5 Å². The fraction of sp³-hybridized carbons (Fsp3) is 0.292. The lowest BCUT2D eigenvalue weighted by atomic mass is 8.68. The number of rotatable bonds is 13.